The molecule has 0 atom stereocenters. The average molecular weight is 346 g/mol. The summed E-state index contributed by atoms with van der Waals surface area (Å²) in [4.78, 5) is 14.4. The highest BCUT2D eigenvalue weighted by molar-refractivity contribution is 5.86. The van der Waals surface area contributed by atoms with Gasteiger partial charge in [-0.25, -0.2) is 0 Å². The van der Waals surface area contributed by atoms with Gasteiger partial charge < -0.3 is 25.0 Å². The van der Waals surface area contributed by atoms with E-state index in [-0.39, 0.29) is 30.7 Å². The van der Waals surface area contributed by atoms with Crippen LogP contribution < -0.4 is 10.6 Å². The van der Waals surface area contributed by atoms with Gasteiger partial charge in [-0.3, -0.25) is 4.79 Å². The third-order valence-electron chi connectivity index (χ3n) is 3.67. The van der Waals surface area contributed by atoms with E-state index in [1.165, 1.54) is 0 Å². The summed E-state index contributed by atoms with van der Waals surface area (Å²) in [5, 5.41) is 6.22. The van der Waals surface area contributed by atoms with Crippen LogP contribution in [0.3, 0.4) is 0 Å². The first-order valence-electron chi connectivity index (χ1n) is 6.86. The van der Waals surface area contributed by atoms with E-state index in [1.807, 2.05) is 7.05 Å². The maximum Gasteiger partial charge on any atom is 0.252 e. The van der Waals surface area contributed by atoms with Crippen molar-refractivity contribution in [2.75, 3.05) is 60.6 Å². The van der Waals surface area contributed by atoms with E-state index in [0.717, 1.165) is 39.0 Å². The van der Waals surface area contributed by atoms with Gasteiger partial charge in [-0.05, 0) is 33.0 Å². The van der Waals surface area contributed by atoms with Crippen LogP contribution in [0.5, 0.6) is 0 Å². The molecule has 0 radical (unpaired) electrons. The second-order valence-electron chi connectivity index (χ2n) is 5.00. The Kier molecular flexibility index (Phi) is 13.7. The molecule has 0 aromatic rings. The van der Waals surface area contributed by atoms with E-state index >= 15 is 0 Å². The van der Waals surface area contributed by atoms with Crippen molar-refractivity contribution in [3.05, 3.63) is 0 Å². The molecule has 0 bridgehead atoms. The normalized spacial score (nSPS) is 16.8. The molecular formula is C13H29Cl2N3O3. The fourth-order valence-corrected chi connectivity index (χ4v) is 2.23. The van der Waals surface area contributed by atoms with Gasteiger partial charge in [-0.1, -0.05) is 0 Å². The molecule has 0 spiro atoms. The van der Waals surface area contributed by atoms with E-state index in [9.17, 15) is 4.79 Å². The standard InChI is InChI=1S/C13H27N3O3.2ClH/c1-16(10-11-18-2)9-8-15-12(17)13(19-3)4-6-14-7-5-13;;/h14H,4-11H2,1-3H3,(H,15,17);2*1H. The van der Waals surface area contributed by atoms with Gasteiger partial charge in [0.2, 0.25) is 0 Å². The van der Waals surface area contributed by atoms with Crippen LogP contribution >= 0.6 is 24.8 Å². The number of ether oxygens (including phenoxy) is 2. The van der Waals surface area contributed by atoms with Crippen molar-refractivity contribution in [1.82, 2.24) is 15.5 Å². The molecule has 0 saturated carbocycles. The van der Waals surface area contributed by atoms with E-state index in [4.69, 9.17) is 9.47 Å². The fraction of sp³-hybridized carbons (Fsp3) is 0.923. The molecule has 1 amide bonds. The van der Waals surface area contributed by atoms with Crippen LogP contribution in [0.15, 0.2) is 0 Å². The van der Waals surface area contributed by atoms with Gasteiger partial charge in [-0.2, -0.15) is 0 Å². The second-order valence-corrected chi connectivity index (χ2v) is 5.00. The average Bonchev–Trinajstić information content (AvgIpc) is 2.45. The van der Waals surface area contributed by atoms with Crippen LogP contribution in [0, 0.1) is 0 Å². The SMILES string of the molecule is COCCN(C)CCNC(=O)C1(OC)CCNCC1.Cl.Cl. The quantitative estimate of drug-likeness (QED) is 0.662. The molecule has 1 aliphatic heterocycles. The van der Waals surface area contributed by atoms with Crippen LogP contribution in [-0.2, 0) is 14.3 Å². The molecular weight excluding hydrogens is 317 g/mol. The van der Waals surface area contributed by atoms with Crippen LogP contribution in [0.25, 0.3) is 0 Å². The minimum atomic E-state index is -0.643. The summed E-state index contributed by atoms with van der Waals surface area (Å²) in [6.07, 6.45) is 1.46. The van der Waals surface area contributed by atoms with Crippen LogP contribution in [0.1, 0.15) is 12.8 Å². The minimum absolute atomic E-state index is 0. The number of methoxy groups -OCH3 is 2. The molecule has 0 aromatic carbocycles. The third kappa shape index (κ3) is 7.63. The van der Waals surface area contributed by atoms with Gasteiger partial charge >= 0.3 is 0 Å². The van der Waals surface area contributed by atoms with Crippen molar-refractivity contribution in [1.29, 1.82) is 0 Å². The Morgan fingerprint density at radius 3 is 2.38 bits per heavy atom. The summed E-state index contributed by atoms with van der Waals surface area (Å²) in [6, 6.07) is 0. The van der Waals surface area contributed by atoms with E-state index < -0.39 is 5.60 Å². The number of carbonyl (C=O) groups excluding carboxylic acids is 1. The van der Waals surface area contributed by atoms with Gasteiger partial charge in [0, 0.05) is 33.9 Å². The zero-order valence-electron chi connectivity index (χ0n) is 13.1. The molecule has 8 heteroatoms. The number of hydrogen-bond acceptors (Lipinski definition) is 5. The topological polar surface area (TPSA) is 62.8 Å². The number of piperidine rings is 1. The number of hydrogen-bond donors (Lipinski definition) is 2. The molecule has 128 valence electrons. The van der Waals surface area contributed by atoms with Gasteiger partial charge in [0.05, 0.1) is 6.61 Å². The molecule has 6 nitrogen and oxygen atoms in total. The smallest absolute Gasteiger partial charge is 0.252 e. The maximum atomic E-state index is 12.2. The second kappa shape index (κ2) is 12.4. The highest BCUT2D eigenvalue weighted by atomic mass is 35.5. The van der Waals surface area contributed by atoms with E-state index in [1.54, 1.807) is 14.2 Å². The lowest BCUT2D eigenvalue weighted by molar-refractivity contribution is -0.146. The Balaban J connectivity index is 0. The maximum absolute atomic E-state index is 12.2. The lowest BCUT2D eigenvalue weighted by Gasteiger charge is -2.34. The zero-order valence-corrected chi connectivity index (χ0v) is 14.8. The highest BCUT2D eigenvalue weighted by Crippen LogP contribution is 2.22. The largest absolute Gasteiger partial charge is 0.383 e. The number of amides is 1. The minimum Gasteiger partial charge on any atom is -0.383 e. The Hall–Kier alpha value is -0.110. The Morgan fingerprint density at radius 2 is 1.86 bits per heavy atom. The Labute approximate surface area is 140 Å². The van der Waals surface area contributed by atoms with Crippen molar-refractivity contribution in [2.24, 2.45) is 0 Å². The molecule has 0 aromatic heterocycles. The van der Waals surface area contributed by atoms with Crippen LogP contribution in [-0.4, -0.2) is 77.0 Å². The van der Waals surface area contributed by atoms with Gasteiger partial charge in [0.15, 0.2) is 0 Å². The Bertz CT molecular complexity index is 277. The van der Waals surface area contributed by atoms with Gasteiger partial charge in [0.1, 0.15) is 5.60 Å². The summed E-state index contributed by atoms with van der Waals surface area (Å²) in [5.41, 5.74) is -0.643. The summed E-state index contributed by atoms with van der Waals surface area (Å²) in [5.74, 6) is 0.0108. The number of halogens is 2. The van der Waals surface area contributed by atoms with Crippen molar-refractivity contribution < 1.29 is 14.3 Å². The van der Waals surface area contributed by atoms with Gasteiger partial charge in [0.25, 0.3) is 5.91 Å². The lowest BCUT2D eigenvalue weighted by atomic mass is 9.91. The number of nitrogens with zero attached hydrogens (tertiary/aromatic N) is 1. The summed E-state index contributed by atoms with van der Waals surface area (Å²) in [7, 11) is 5.33. The van der Waals surface area contributed by atoms with Crippen molar-refractivity contribution in [3.8, 4) is 0 Å². The number of likely N-dealkylation sites (N-methyl/N-ethyl adjacent to an activating group) is 1. The monoisotopic (exact) mass is 345 g/mol. The van der Waals surface area contributed by atoms with Crippen molar-refractivity contribution >= 4 is 30.7 Å². The molecule has 0 unspecified atom stereocenters. The summed E-state index contributed by atoms with van der Waals surface area (Å²) in [6.45, 7) is 4.68. The highest BCUT2D eigenvalue weighted by Gasteiger charge is 2.39. The van der Waals surface area contributed by atoms with Crippen molar-refractivity contribution in [2.45, 2.75) is 18.4 Å². The molecule has 21 heavy (non-hydrogen) atoms. The molecule has 1 saturated heterocycles. The first-order valence-corrected chi connectivity index (χ1v) is 6.86. The van der Waals surface area contributed by atoms with Crippen molar-refractivity contribution in [3.63, 3.8) is 0 Å². The van der Waals surface area contributed by atoms with Crippen LogP contribution in [0.2, 0.25) is 0 Å². The molecule has 0 aliphatic carbocycles. The Morgan fingerprint density at radius 1 is 1.24 bits per heavy atom. The third-order valence-corrected chi connectivity index (χ3v) is 3.67. The molecule has 1 fully saturated rings. The van der Waals surface area contributed by atoms with E-state index in [0.29, 0.717) is 13.2 Å². The number of rotatable bonds is 8. The molecule has 2 N–H and O–H groups in total. The fourth-order valence-electron chi connectivity index (χ4n) is 2.23. The number of carbonyl (C=O) groups is 1. The van der Waals surface area contributed by atoms with Crippen LogP contribution in [0.4, 0.5) is 0 Å². The molecule has 1 aliphatic rings. The predicted molar refractivity (Wildman–Crippen MR) is 88.7 cm³/mol. The van der Waals surface area contributed by atoms with E-state index in [2.05, 4.69) is 15.5 Å². The summed E-state index contributed by atoms with van der Waals surface area (Å²) < 4.78 is 10.5. The lowest BCUT2D eigenvalue weighted by Crippen LogP contribution is -2.54. The van der Waals surface area contributed by atoms with Gasteiger partial charge in [-0.15, -0.1) is 24.8 Å². The molecule has 1 rings (SSSR count). The zero-order chi connectivity index (χ0) is 14.1. The predicted octanol–water partition coefficient (Wildman–Crippen LogP) is 0.293. The first kappa shape index (κ1) is 23.2. The number of nitrogens with one attached hydrogen (secondary N) is 2. The molecule has 1 heterocycles. The summed E-state index contributed by atoms with van der Waals surface area (Å²) >= 11 is 0. The first-order chi connectivity index (χ1) is 9.14.